The maximum atomic E-state index is 12.5. The SMILES string of the molecule is C/C=C\O[C@H](COS(=O)(=O)c1ccc(O)cc1)[C@H]1O[C@@H]2OC(C)(C)O[C@@H]2[C@H]1OC. The molecule has 29 heavy (non-hydrogen) atoms. The maximum absolute atomic E-state index is 12.5. The van der Waals surface area contributed by atoms with Gasteiger partial charge in [0.2, 0.25) is 0 Å². The molecule has 2 aliphatic rings. The summed E-state index contributed by atoms with van der Waals surface area (Å²) in [5.74, 6) is -0.856. The van der Waals surface area contributed by atoms with E-state index >= 15 is 0 Å². The summed E-state index contributed by atoms with van der Waals surface area (Å²) in [6.45, 7) is 4.99. The molecule has 3 rings (SSSR count). The van der Waals surface area contributed by atoms with Crippen LogP contribution >= 0.6 is 0 Å². The van der Waals surface area contributed by atoms with Crippen LogP contribution in [0, 0.1) is 0 Å². The summed E-state index contributed by atoms with van der Waals surface area (Å²) < 4.78 is 58.9. The van der Waals surface area contributed by atoms with Gasteiger partial charge in [-0.05, 0) is 45.0 Å². The number of ether oxygens (including phenoxy) is 5. The summed E-state index contributed by atoms with van der Waals surface area (Å²) >= 11 is 0. The number of hydrogen-bond acceptors (Lipinski definition) is 9. The zero-order valence-corrected chi connectivity index (χ0v) is 17.5. The third kappa shape index (κ3) is 4.90. The molecule has 2 fully saturated rings. The van der Waals surface area contributed by atoms with Crippen LogP contribution in [0.2, 0.25) is 0 Å². The van der Waals surface area contributed by atoms with E-state index in [1.807, 2.05) is 0 Å². The van der Waals surface area contributed by atoms with Crippen LogP contribution in [0.4, 0.5) is 0 Å². The Morgan fingerprint density at radius 1 is 1.24 bits per heavy atom. The van der Waals surface area contributed by atoms with E-state index in [1.165, 1.54) is 37.6 Å². The van der Waals surface area contributed by atoms with Crippen molar-refractivity contribution in [1.82, 2.24) is 0 Å². The highest BCUT2D eigenvalue weighted by Crippen LogP contribution is 2.40. The summed E-state index contributed by atoms with van der Waals surface area (Å²) in [5.41, 5.74) is 0. The van der Waals surface area contributed by atoms with Crippen molar-refractivity contribution in [1.29, 1.82) is 0 Å². The molecule has 2 saturated heterocycles. The van der Waals surface area contributed by atoms with Crippen LogP contribution in [-0.4, -0.2) is 63.7 Å². The first-order chi connectivity index (χ1) is 13.7. The van der Waals surface area contributed by atoms with Crippen molar-refractivity contribution >= 4 is 10.1 Å². The summed E-state index contributed by atoms with van der Waals surface area (Å²) in [5, 5.41) is 9.34. The minimum absolute atomic E-state index is 0.0463. The number of allylic oxidation sites excluding steroid dienone is 1. The first-order valence-corrected chi connectivity index (χ1v) is 10.6. The van der Waals surface area contributed by atoms with Gasteiger partial charge in [-0.15, -0.1) is 0 Å². The minimum atomic E-state index is -4.06. The molecule has 1 aromatic carbocycles. The standard InChI is InChI=1S/C19H26O9S/c1-5-10-24-14(11-25-29(21,22)13-8-6-12(20)7-9-13)15-16(23-4)17-18(26-15)28-19(2,3)27-17/h5-10,14-18,20H,11H2,1-4H3/b10-5-/t14-,15-,16+,17-,18-/m1/s1. The second-order valence-electron chi connectivity index (χ2n) is 7.15. The molecule has 0 amide bonds. The smallest absolute Gasteiger partial charge is 0.297 e. The van der Waals surface area contributed by atoms with Crippen LogP contribution in [0.25, 0.3) is 0 Å². The van der Waals surface area contributed by atoms with Crippen LogP contribution < -0.4 is 0 Å². The van der Waals surface area contributed by atoms with Crippen molar-refractivity contribution in [2.75, 3.05) is 13.7 Å². The number of fused-ring (bicyclic) bond motifs is 1. The molecule has 9 nitrogen and oxygen atoms in total. The average Bonchev–Trinajstić information content (AvgIpc) is 3.13. The second-order valence-corrected chi connectivity index (χ2v) is 8.76. The van der Waals surface area contributed by atoms with Gasteiger partial charge in [0.15, 0.2) is 18.2 Å². The Balaban J connectivity index is 1.74. The highest BCUT2D eigenvalue weighted by Gasteiger charge is 2.57. The predicted molar refractivity (Wildman–Crippen MR) is 100 cm³/mol. The fourth-order valence-electron chi connectivity index (χ4n) is 3.30. The Kier molecular flexibility index (Phi) is 6.51. The third-order valence-corrected chi connectivity index (χ3v) is 5.86. The first kappa shape index (κ1) is 22.0. The molecule has 2 aliphatic heterocycles. The number of aromatic hydroxyl groups is 1. The molecular weight excluding hydrogens is 404 g/mol. The lowest BCUT2D eigenvalue weighted by atomic mass is 10.1. The molecule has 0 radical (unpaired) electrons. The average molecular weight is 430 g/mol. The van der Waals surface area contributed by atoms with Gasteiger partial charge in [-0.2, -0.15) is 8.42 Å². The summed E-state index contributed by atoms with van der Waals surface area (Å²) in [7, 11) is -2.55. The summed E-state index contributed by atoms with van der Waals surface area (Å²) in [6, 6.07) is 5.04. The molecule has 2 heterocycles. The number of benzene rings is 1. The molecule has 1 N–H and O–H groups in total. The highest BCUT2D eigenvalue weighted by atomic mass is 32.2. The number of methoxy groups -OCH3 is 1. The van der Waals surface area contributed by atoms with Crippen molar-refractivity contribution in [3.8, 4) is 5.75 Å². The molecule has 10 heteroatoms. The van der Waals surface area contributed by atoms with E-state index in [9.17, 15) is 13.5 Å². The Hall–Kier alpha value is -1.69. The van der Waals surface area contributed by atoms with Crippen LogP contribution in [-0.2, 0) is 38.0 Å². The fraction of sp³-hybridized carbons (Fsp3) is 0.579. The van der Waals surface area contributed by atoms with Crippen LogP contribution in [0.5, 0.6) is 5.75 Å². The van der Waals surface area contributed by atoms with E-state index in [0.29, 0.717) is 0 Å². The monoisotopic (exact) mass is 430 g/mol. The van der Waals surface area contributed by atoms with Gasteiger partial charge in [0, 0.05) is 7.11 Å². The van der Waals surface area contributed by atoms with Gasteiger partial charge < -0.3 is 28.8 Å². The highest BCUT2D eigenvalue weighted by molar-refractivity contribution is 7.86. The molecule has 5 atom stereocenters. The van der Waals surface area contributed by atoms with Crippen molar-refractivity contribution < 1.29 is 41.4 Å². The minimum Gasteiger partial charge on any atom is -0.508 e. The fourth-order valence-corrected chi connectivity index (χ4v) is 4.22. The molecule has 0 spiro atoms. The molecule has 1 aromatic rings. The van der Waals surface area contributed by atoms with Crippen LogP contribution in [0.3, 0.4) is 0 Å². The van der Waals surface area contributed by atoms with Gasteiger partial charge in [0.05, 0.1) is 11.2 Å². The quantitative estimate of drug-likeness (QED) is 0.488. The van der Waals surface area contributed by atoms with E-state index in [1.54, 1.807) is 26.8 Å². The van der Waals surface area contributed by atoms with E-state index in [4.69, 9.17) is 27.9 Å². The van der Waals surface area contributed by atoms with E-state index in [2.05, 4.69) is 0 Å². The van der Waals surface area contributed by atoms with Crippen LogP contribution in [0.15, 0.2) is 41.5 Å². The van der Waals surface area contributed by atoms with E-state index in [0.717, 1.165) is 0 Å². The second kappa shape index (κ2) is 8.58. The summed E-state index contributed by atoms with van der Waals surface area (Å²) in [4.78, 5) is -0.0824. The molecule has 162 valence electrons. The first-order valence-electron chi connectivity index (χ1n) is 9.16. The van der Waals surface area contributed by atoms with Gasteiger partial charge >= 0.3 is 0 Å². The Morgan fingerprint density at radius 2 is 1.93 bits per heavy atom. The number of hydrogen-bond donors (Lipinski definition) is 1. The van der Waals surface area contributed by atoms with Crippen LogP contribution in [0.1, 0.15) is 20.8 Å². The number of phenols is 1. The van der Waals surface area contributed by atoms with E-state index < -0.39 is 46.6 Å². The largest absolute Gasteiger partial charge is 0.508 e. The molecule has 0 aromatic heterocycles. The van der Waals surface area contributed by atoms with Crippen molar-refractivity contribution in [3.05, 3.63) is 36.6 Å². The van der Waals surface area contributed by atoms with Gasteiger partial charge in [-0.25, -0.2) is 0 Å². The molecule has 0 bridgehead atoms. The van der Waals surface area contributed by atoms with Gasteiger partial charge in [-0.1, -0.05) is 6.08 Å². The normalized spacial score (nSPS) is 29.8. The molecule has 0 unspecified atom stereocenters. The van der Waals surface area contributed by atoms with Gasteiger partial charge in [-0.3, -0.25) is 4.18 Å². The molecular formula is C19H26O9S. The van der Waals surface area contributed by atoms with E-state index in [-0.39, 0.29) is 17.3 Å². The van der Waals surface area contributed by atoms with Gasteiger partial charge in [0.1, 0.15) is 30.7 Å². The molecule has 0 aliphatic carbocycles. The van der Waals surface area contributed by atoms with Crippen molar-refractivity contribution in [2.45, 2.75) is 62.2 Å². The van der Waals surface area contributed by atoms with Crippen molar-refractivity contribution in [2.24, 2.45) is 0 Å². The maximum Gasteiger partial charge on any atom is 0.297 e. The third-order valence-electron chi connectivity index (χ3n) is 4.57. The lowest BCUT2D eigenvalue weighted by Gasteiger charge is -2.29. The summed E-state index contributed by atoms with van der Waals surface area (Å²) in [6.07, 6.45) is -0.0827. The Labute approximate surface area is 170 Å². The topological polar surface area (TPSA) is 110 Å². The lowest BCUT2D eigenvalue weighted by Crippen LogP contribution is -2.44. The van der Waals surface area contributed by atoms with Crippen molar-refractivity contribution in [3.63, 3.8) is 0 Å². The predicted octanol–water partition coefficient (Wildman–Crippen LogP) is 1.91. The zero-order valence-electron chi connectivity index (χ0n) is 16.7. The molecule has 0 saturated carbocycles. The Morgan fingerprint density at radius 3 is 2.55 bits per heavy atom. The Bertz CT molecular complexity index is 819. The zero-order chi connectivity index (χ0) is 21.2. The number of rotatable bonds is 8. The number of phenolic OH excluding ortho intramolecular Hbond substituents is 1. The van der Waals surface area contributed by atoms with Gasteiger partial charge in [0.25, 0.3) is 10.1 Å². The lowest BCUT2D eigenvalue weighted by molar-refractivity contribution is -0.229.